The standard InChI is InChI=1S/C16H15N3O2S/c1-20-13-9-8-11(10-14(13)21-2)15-17-18-16(22)19(15)12-6-4-3-5-7-12/h3-10H,1-2H3,(H,18,22). The van der Waals surface area contributed by atoms with Crippen molar-refractivity contribution >= 4 is 12.2 Å². The average Bonchev–Trinajstić information content (AvgIpc) is 2.96. The van der Waals surface area contributed by atoms with E-state index in [9.17, 15) is 0 Å². The number of ether oxygens (including phenoxy) is 2. The van der Waals surface area contributed by atoms with Gasteiger partial charge in [0.05, 0.1) is 14.2 Å². The van der Waals surface area contributed by atoms with Gasteiger partial charge in [0.2, 0.25) is 0 Å². The van der Waals surface area contributed by atoms with Crippen molar-refractivity contribution in [2.24, 2.45) is 0 Å². The Kier molecular flexibility index (Phi) is 3.93. The van der Waals surface area contributed by atoms with Crippen LogP contribution in [0.1, 0.15) is 0 Å². The molecule has 0 aliphatic rings. The summed E-state index contributed by atoms with van der Waals surface area (Å²) in [6.07, 6.45) is 0. The fourth-order valence-electron chi connectivity index (χ4n) is 2.28. The molecule has 6 heteroatoms. The molecule has 1 aromatic heterocycles. The molecular weight excluding hydrogens is 298 g/mol. The maximum Gasteiger partial charge on any atom is 0.200 e. The fraction of sp³-hybridized carbons (Fsp3) is 0.125. The molecule has 1 heterocycles. The summed E-state index contributed by atoms with van der Waals surface area (Å²) in [4.78, 5) is 0. The van der Waals surface area contributed by atoms with Gasteiger partial charge in [0.1, 0.15) is 0 Å². The average molecular weight is 313 g/mol. The highest BCUT2D eigenvalue weighted by Crippen LogP contribution is 2.32. The molecule has 0 fully saturated rings. The third-order valence-electron chi connectivity index (χ3n) is 3.33. The highest BCUT2D eigenvalue weighted by Gasteiger charge is 2.13. The highest BCUT2D eigenvalue weighted by atomic mass is 32.1. The molecule has 0 saturated heterocycles. The molecule has 22 heavy (non-hydrogen) atoms. The van der Waals surface area contributed by atoms with E-state index in [1.54, 1.807) is 14.2 Å². The van der Waals surface area contributed by atoms with Crippen LogP contribution >= 0.6 is 12.2 Å². The van der Waals surface area contributed by atoms with Gasteiger partial charge < -0.3 is 9.47 Å². The minimum Gasteiger partial charge on any atom is -0.493 e. The summed E-state index contributed by atoms with van der Waals surface area (Å²) in [5, 5.41) is 7.19. The second-order valence-corrected chi connectivity index (χ2v) is 4.98. The molecule has 3 rings (SSSR count). The van der Waals surface area contributed by atoms with E-state index in [0.717, 1.165) is 17.1 Å². The van der Waals surface area contributed by atoms with Gasteiger partial charge in [-0.3, -0.25) is 9.67 Å². The molecule has 0 atom stereocenters. The van der Waals surface area contributed by atoms with Gasteiger partial charge in [-0.15, -0.1) is 0 Å². The third kappa shape index (κ3) is 2.48. The Balaban J connectivity index is 2.16. The van der Waals surface area contributed by atoms with Crippen LogP contribution in [0.15, 0.2) is 48.5 Å². The van der Waals surface area contributed by atoms with E-state index < -0.39 is 0 Å². The van der Waals surface area contributed by atoms with E-state index in [1.807, 2.05) is 53.1 Å². The van der Waals surface area contributed by atoms with E-state index in [4.69, 9.17) is 21.7 Å². The Morgan fingerprint density at radius 1 is 1.00 bits per heavy atom. The molecule has 0 bridgehead atoms. The molecule has 5 nitrogen and oxygen atoms in total. The molecule has 0 saturated carbocycles. The zero-order chi connectivity index (χ0) is 15.5. The lowest BCUT2D eigenvalue weighted by Crippen LogP contribution is -1.98. The first kappa shape index (κ1) is 14.3. The summed E-state index contributed by atoms with van der Waals surface area (Å²) in [6.45, 7) is 0. The third-order valence-corrected chi connectivity index (χ3v) is 3.60. The van der Waals surface area contributed by atoms with Crippen LogP contribution in [0, 0.1) is 4.77 Å². The van der Waals surface area contributed by atoms with Crippen LogP contribution in [0.4, 0.5) is 0 Å². The second-order valence-electron chi connectivity index (χ2n) is 4.59. The van der Waals surface area contributed by atoms with E-state index in [-0.39, 0.29) is 0 Å². The summed E-state index contributed by atoms with van der Waals surface area (Å²) in [6, 6.07) is 15.5. The smallest absolute Gasteiger partial charge is 0.200 e. The van der Waals surface area contributed by atoms with Crippen molar-refractivity contribution in [2.45, 2.75) is 0 Å². The van der Waals surface area contributed by atoms with Crippen LogP contribution in [0.2, 0.25) is 0 Å². The van der Waals surface area contributed by atoms with Crippen molar-refractivity contribution in [3.05, 3.63) is 53.3 Å². The summed E-state index contributed by atoms with van der Waals surface area (Å²) in [5.41, 5.74) is 1.83. The molecule has 0 aliphatic heterocycles. The molecule has 3 aromatic rings. The van der Waals surface area contributed by atoms with Gasteiger partial charge in [0, 0.05) is 11.3 Å². The quantitative estimate of drug-likeness (QED) is 0.748. The number of methoxy groups -OCH3 is 2. The summed E-state index contributed by atoms with van der Waals surface area (Å²) < 4.78 is 13.0. The van der Waals surface area contributed by atoms with Crippen molar-refractivity contribution in [3.63, 3.8) is 0 Å². The molecule has 0 aliphatic carbocycles. The van der Waals surface area contributed by atoms with Crippen molar-refractivity contribution < 1.29 is 9.47 Å². The second kappa shape index (κ2) is 6.03. The zero-order valence-corrected chi connectivity index (χ0v) is 13.1. The SMILES string of the molecule is COc1ccc(-c2n[nH]c(=S)n2-c2ccccc2)cc1OC. The van der Waals surface area contributed by atoms with Crippen LogP contribution in [0.5, 0.6) is 11.5 Å². The number of hydrogen-bond donors (Lipinski definition) is 1. The molecule has 112 valence electrons. The molecule has 0 amide bonds. The summed E-state index contributed by atoms with van der Waals surface area (Å²) in [7, 11) is 3.22. The predicted molar refractivity (Wildman–Crippen MR) is 87.3 cm³/mol. The number of aromatic nitrogens is 3. The summed E-state index contributed by atoms with van der Waals surface area (Å²) >= 11 is 5.35. The minimum absolute atomic E-state index is 0.538. The van der Waals surface area contributed by atoms with Crippen LogP contribution in [-0.4, -0.2) is 29.0 Å². The van der Waals surface area contributed by atoms with Crippen LogP contribution in [0.3, 0.4) is 0 Å². The number of H-pyrrole nitrogens is 1. The Morgan fingerprint density at radius 3 is 2.41 bits per heavy atom. The number of para-hydroxylation sites is 1. The first-order valence-electron chi connectivity index (χ1n) is 6.70. The van der Waals surface area contributed by atoms with Gasteiger partial charge in [-0.1, -0.05) is 18.2 Å². The fourth-order valence-corrected chi connectivity index (χ4v) is 2.52. The molecular formula is C16H15N3O2S. The Bertz CT molecular complexity index is 840. The molecule has 1 N–H and O–H groups in total. The molecule has 0 unspecified atom stereocenters. The molecule has 0 radical (unpaired) electrons. The zero-order valence-electron chi connectivity index (χ0n) is 12.2. The number of hydrogen-bond acceptors (Lipinski definition) is 4. The molecule has 0 spiro atoms. The van der Waals surface area contributed by atoms with E-state index in [1.165, 1.54) is 0 Å². The van der Waals surface area contributed by atoms with Crippen molar-refractivity contribution in [1.82, 2.24) is 14.8 Å². The number of nitrogens with zero attached hydrogens (tertiary/aromatic N) is 2. The van der Waals surface area contributed by atoms with Gasteiger partial charge >= 0.3 is 0 Å². The number of nitrogens with one attached hydrogen (secondary N) is 1. The lowest BCUT2D eigenvalue weighted by Gasteiger charge is -2.10. The largest absolute Gasteiger partial charge is 0.493 e. The van der Waals surface area contributed by atoms with E-state index in [2.05, 4.69) is 10.2 Å². The number of aromatic amines is 1. The van der Waals surface area contributed by atoms with E-state index >= 15 is 0 Å². The lowest BCUT2D eigenvalue weighted by molar-refractivity contribution is 0.355. The van der Waals surface area contributed by atoms with Crippen molar-refractivity contribution in [3.8, 4) is 28.6 Å². The van der Waals surface area contributed by atoms with Gasteiger partial charge in [-0.05, 0) is 42.5 Å². The first-order chi connectivity index (χ1) is 10.7. The number of benzene rings is 2. The normalized spacial score (nSPS) is 10.5. The maximum atomic E-state index is 5.35. The lowest BCUT2D eigenvalue weighted by atomic mass is 10.2. The Morgan fingerprint density at radius 2 is 1.73 bits per heavy atom. The maximum absolute atomic E-state index is 5.35. The van der Waals surface area contributed by atoms with E-state index in [0.29, 0.717) is 16.3 Å². The van der Waals surface area contributed by atoms with Gasteiger partial charge in [-0.25, -0.2) is 0 Å². The Labute approximate surface area is 133 Å². The van der Waals surface area contributed by atoms with Gasteiger partial charge in [0.25, 0.3) is 0 Å². The first-order valence-corrected chi connectivity index (χ1v) is 7.10. The topological polar surface area (TPSA) is 52.1 Å². The highest BCUT2D eigenvalue weighted by molar-refractivity contribution is 7.71. The minimum atomic E-state index is 0.538. The predicted octanol–water partition coefficient (Wildman–Crippen LogP) is 3.61. The van der Waals surface area contributed by atoms with Crippen LogP contribution < -0.4 is 9.47 Å². The van der Waals surface area contributed by atoms with Crippen molar-refractivity contribution in [2.75, 3.05) is 14.2 Å². The van der Waals surface area contributed by atoms with Crippen molar-refractivity contribution in [1.29, 1.82) is 0 Å². The van der Waals surface area contributed by atoms with Crippen LogP contribution in [0.25, 0.3) is 17.1 Å². The van der Waals surface area contributed by atoms with Gasteiger partial charge in [0.15, 0.2) is 22.1 Å². The van der Waals surface area contributed by atoms with Crippen LogP contribution in [-0.2, 0) is 0 Å². The van der Waals surface area contributed by atoms with Gasteiger partial charge in [-0.2, -0.15) is 5.10 Å². The summed E-state index contributed by atoms with van der Waals surface area (Å²) in [5.74, 6) is 2.04. The molecule has 2 aromatic carbocycles. The number of rotatable bonds is 4. The Hall–Kier alpha value is -2.60. The monoisotopic (exact) mass is 313 g/mol.